The zero-order valence-electron chi connectivity index (χ0n) is 19.4. The molecule has 5 aromatic rings. The summed E-state index contributed by atoms with van der Waals surface area (Å²) in [5.41, 5.74) is 8.06. The molecule has 5 rings (SSSR count). The quantitative estimate of drug-likeness (QED) is 0.230. The fourth-order valence-corrected chi connectivity index (χ4v) is 3.91. The van der Waals surface area contributed by atoms with Crippen LogP contribution in [0.5, 0.6) is 0 Å². The summed E-state index contributed by atoms with van der Waals surface area (Å²) in [6, 6.07) is 42.2. The van der Waals surface area contributed by atoms with E-state index in [4.69, 9.17) is 0 Å². The fraction of sp³-hybridized carbons (Fsp3) is 0. The van der Waals surface area contributed by atoms with Gasteiger partial charge in [0.05, 0.1) is 0 Å². The Hall–Kier alpha value is -4.69. The lowest BCUT2D eigenvalue weighted by Crippen LogP contribution is -2.09. The number of hydrogen-bond donors (Lipinski definition) is 0. The topological polar surface area (TPSA) is 16.1 Å². The van der Waals surface area contributed by atoms with Gasteiger partial charge in [0.25, 0.3) is 0 Å². The molecule has 1 heterocycles. The first-order valence-electron chi connectivity index (χ1n) is 11.7. The van der Waals surface area contributed by atoms with Gasteiger partial charge >= 0.3 is 0 Å². The number of aromatic nitrogens is 1. The van der Waals surface area contributed by atoms with Crippen LogP contribution in [0, 0.1) is 0 Å². The largest absolute Gasteiger partial charge is 0.311 e. The lowest BCUT2D eigenvalue weighted by Gasteiger charge is -2.25. The maximum absolute atomic E-state index is 4.05. The summed E-state index contributed by atoms with van der Waals surface area (Å²) in [5.74, 6) is 0. The number of anilines is 3. The number of nitrogens with zero attached hydrogens (tertiary/aromatic N) is 2. The average Bonchev–Trinajstić information content (AvgIpc) is 2.94. The Morgan fingerprint density at radius 3 is 1.14 bits per heavy atom. The first-order valence-corrected chi connectivity index (χ1v) is 11.7. The number of rotatable bonds is 7. The highest BCUT2D eigenvalue weighted by Gasteiger charge is 2.11. The average molecular weight is 451 g/mol. The molecule has 0 bridgehead atoms. The molecule has 0 aliphatic rings. The molecule has 0 atom stereocenters. The van der Waals surface area contributed by atoms with E-state index in [1.165, 1.54) is 11.1 Å². The molecule has 0 N–H and O–H groups in total. The van der Waals surface area contributed by atoms with E-state index in [2.05, 4.69) is 131 Å². The van der Waals surface area contributed by atoms with Crippen LogP contribution in [-0.2, 0) is 0 Å². The second kappa shape index (κ2) is 11.0. The van der Waals surface area contributed by atoms with Gasteiger partial charge in [-0.15, -0.1) is 0 Å². The molecule has 0 unspecified atom stereocenters. The molecule has 0 spiro atoms. The minimum atomic E-state index is 1.13. The van der Waals surface area contributed by atoms with Crippen LogP contribution in [0.15, 0.2) is 134 Å². The van der Waals surface area contributed by atoms with E-state index in [9.17, 15) is 0 Å². The molecule has 0 amide bonds. The van der Waals surface area contributed by atoms with Gasteiger partial charge in [-0.25, -0.2) is 0 Å². The Bertz CT molecular complexity index is 1350. The molecule has 35 heavy (non-hydrogen) atoms. The van der Waals surface area contributed by atoms with Crippen LogP contribution in [0.4, 0.5) is 17.1 Å². The summed E-state index contributed by atoms with van der Waals surface area (Å²) in [6.45, 7) is 0. The first kappa shape index (κ1) is 22.1. The first-order chi connectivity index (χ1) is 17.3. The number of hydrogen-bond acceptors (Lipinski definition) is 2. The lowest BCUT2D eigenvalue weighted by atomic mass is 10.1. The highest BCUT2D eigenvalue weighted by Crippen LogP contribution is 2.34. The summed E-state index contributed by atoms with van der Waals surface area (Å²) < 4.78 is 0. The van der Waals surface area contributed by atoms with Gasteiger partial charge < -0.3 is 4.90 Å². The number of benzene rings is 4. The molecule has 0 radical (unpaired) electrons. The Labute approximate surface area is 207 Å². The van der Waals surface area contributed by atoms with Crippen LogP contribution in [-0.4, -0.2) is 4.98 Å². The van der Waals surface area contributed by atoms with Crippen LogP contribution < -0.4 is 4.90 Å². The molecule has 2 heteroatoms. The van der Waals surface area contributed by atoms with Gasteiger partial charge in [0, 0.05) is 29.5 Å². The predicted molar refractivity (Wildman–Crippen MR) is 150 cm³/mol. The Morgan fingerprint density at radius 1 is 0.371 bits per heavy atom. The van der Waals surface area contributed by atoms with Gasteiger partial charge in [0.1, 0.15) is 0 Å². The van der Waals surface area contributed by atoms with Crippen molar-refractivity contribution in [2.75, 3.05) is 4.90 Å². The predicted octanol–water partition coefficient (Wildman–Crippen LogP) is 8.89. The van der Waals surface area contributed by atoms with Crippen molar-refractivity contribution in [1.82, 2.24) is 4.98 Å². The van der Waals surface area contributed by atoms with Crippen LogP contribution in [0.2, 0.25) is 0 Å². The van der Waals surface area contributed by atoms with Crippen LogP contribution >= 0.6 is 0 Å². The minimum Gasteiger partial charge on any atom is -0.311 e. The third kappa shape index (κ3) is 5.82. The van der Waals surface area contributed by atoms with Crippen molar-refractivity contribution >= 4 is 41.4 Å². The number of para-hydroxylation sites is 2. The van der Waals surface area contributed by atoms with E-state index in [0.717, 1.165) is 28.2 Å². The minimum absolute atomic E-state index is 1.13. The van der Waals surface area contributed by atoms with E-state index < -0.39 is 0 Å². The lowest BCUT2D eigenvalue weighted by molar-refractivity contribution is 1.28. The van der Waals surface area contributed by atoms with Crippen molar-refractivity contribution in [3.05, 3.63) is 156 Å². The van der Waals surface area contributed by atoms with Crippen molar-refractivity contribution in [2.24, 2.45) is 0 Å². The molecule has 168 valence electrons. The van der Waals surface area contributed by atoms with E-state index in [-0.39, 0.29) is 0 Å². The zero-order chi connectivity index (χ0) is 23.7. The maximum atomic E-state index is 4.05. The van der Waals surface area contributed by atoms with Gasteiger partial charge in [-0.3, -0.25) is 4.98 Å². The second-order valence-corrected chi connectivity index (χ2v) is 8.21. The SMILES string of the molecule is C(=Cc1ccc(C=Cc2ccc(N(c3ccccc3)c3ccccc3)cc2)cc1)c1ccncc1. The summed E-state index contributed by atoms with van der Waals surface area (Å²) >= 11 is 0. The zero-order valence-corrected chi connectivity index (χ0v) is 19.4. The molecule has 0 aliphatic heterocycles. The molecular weight excluding hydrogens is 424 g/mol. The second-order valence-electron chi connectivity index (χ2n) is 8.21. The Balaban J connectivity index is 1.30. The summed E-state index contributed by atoms with van der Waals surface area (Å²) in [4.78, 5) is 6.32. The molecule has 0 aliphatic carbocycles. The van der Waals surface area contributed by atoms with E-state index in [0.29, 0.717) is 0 Å². The van der Waals surface area contributed by atoms with Gasteiger partial charge in [-0.2, -0.15) is 0 Å². The fourth-order valence-electron chi connectivity index (χ4n) is 3.91. The highest BCUT2D eigenvalue weighted by atomic mass is 15.1. The number of pyridine rings is 1. The van der Waals surface area contributed by atoms with Gasteiger partial charge in [0.15, 0.2) is 0 Å². The molecule has 0 saturated heterocycles. The van der Waals surface area contributed by atoms with E-state index in [1.54, 1.807) is 12.4 Å². The standard InChI is InChI=1S/C33H26N2/c1-3-7-31(8-4-1)35(32-9-5-2-6-10-32)33-21-19-29(20-22-33)16-15-27-11-13-28(14-12-27)17-18-30-23-25-34-26-24-30/h1-26H. The normalized spacial score (nSPS) is 11.2. The molecule has 0 saturated carbocycles. The third-order valence-corrected chi connectivity index (χ3v) is 5.76. The molecular formula is C33H26N2. The van der Waals surface area contributed by atoms with E-state index in [1.807, 2.05) is 24.3 Å². The summed E-state index contributed by atoms with van der Waals surface area (Å²) in [5, 5.41) is 0. The van der Waals surface area contributed by atoms with Crippen LogP contribution in [0.25, 0.3) is 24.3 Å². The van der Waals surface area contributed by atoms with Crippen LogP contribution in [0.3, 0.4) is 0 Å². The summed E-state index contributed by atoms with van der Waals surface area (Å²) in [6.07, 6.45) is 12.1. The molecule has 1 aromatic heterocycles. The molecule has 0 fully saturated rings. The van der Waals surface area contributed by atoms with Crippen LogP contribution in [0.1, 0.15) is 22.3 Å². The van der Waals surface area contributed by atoms with Crippen molar-refractivity contribution in [3.63, 3.8) is 0 Å². The van der Waals surface area contributed by atoms with Gasteiger partial charge in [-0.1, -0.05) is 97.1 Å². The van der Waals surface area contributed by atoms with Crippen molar-refractivity contribution in [1.29, 1.82) is 0 Å². The summed E-state index contributed by atoms with van der Waals surface area (Å²) in [7, 11) is 0. The molecule has 2 nitrogen and oxygen atoms in total. The third-order valence-electron chi connectivity index (χ3n) is 5.76. The van der Waals surface area contributed by atoms with Crippen molar-refractivity contribution in [2.45, 2.75) is 0 Å². The Morgan fingerprint density at radius 2 is 0.714 bits per heavy atom. The monoisotopic (exact) mass is 450 g/mol. The highest BCUT2D eigenvalue weighted by molar-refractivity contribution is 5.78. The van der Waals surface area contributed by atoms with Crippen molar-refractivity contribution < 1.29 is 0 Å². The van der Waals surface area contributed by atoms with Gasteiger partial charge in [0.2, 0.25) is 0 Å². The molecule has 4 aromatic carbocycles. The Kier molecular flexibility index (Phi) is 6.92. The smallest absolute Gasteiger partial charge is 0.0462 e. The van der Waals surface area contributed by atoms with Gasteiger partial charge in [-0.05, 0) is 70.8 Å². The van der Waals surface area contributed by atoms with E-state index >= 15 is 0 Å². The van der Waals surface area contributed by atoms with Crippen molar-refractivity contribution in [3.8, 4) is 0 Å². The maximum Gasteiger partial charge on any atom is 0.0462 e.